The summed E-state index contributed by atoms with van der Waals surface area (Å²) < 4.78 is 1.28. The highest BCUT2D eigenvalue weighted by molar-refractivity contribution is 9.10. The Bertz CT molecular complexity index is 908. The molecule has 0 fully saturated rings. The number of hydrogen-bond acceptors (Lipinski definition) is 0. The van der Waals surface area contributed by atoms with Crippen LogP contribution >= 0.6 is 23.9 Å². The molecule has 3 aromatic carbocycles. The first-order valence-corrected chi connectivity index (χ1v) is 12.6. The first kappa shape index (κ1) is 22.3. The molecular weight excluding hydrogens is 435 g/mol. The molecule has 3 aromatic rings. The van der Waals surface area contributed by atoms with E-state index in [9.17, 15) is 0 Å². The summed E-state index contributed by atoms with van der Waals surface area (Å²) >= 11 is 4.00. The second-order valence-electron chi connectivity index (χ2n) is 9.75. The van der Waals surface area contributed by atoms with Crippen LogP contribution in [-0.2, 0) is 17.0 Å². The van der Waals surface area contributed by atoms with Crippen molar-refractivity contribution < 1.29 is 0 Å². The third-order valence-electron chi connectivity index (χ3n) is 5.29. The van der Waals surface area contributed by atoms with E-state index in [2.05, 4.69) is 130 Å². The fourth-order valence-corrected chi connectivity index (χ4v) is 6.99. The minimum atomic E-state index is -0.470. The van der Waals surface area contributed by atoms with Gasteiger partial charge in [0, 0.05) is 10.6 Å². The topological polar surface area (TPSA) is 0 Å². The van der Waals surface area contributed by atoms with Crippen LogP contribution in [-0.4, -0.2) is 0 Å². The van der Waals surface area contributed by atoms with E-state index in [0.29, 0.717) is 0 Å². The molecule has 0 bridgehead atoms. The van der Waals surface area contributed by atoms with Gasteiger partial charge in [0.15, 0.2) is 0 Å². The second kappa shape index (κ2) is 8.75. The average Bonchev–Trinajstić information content (AvgIpc) is 2.66. The van der Waals surface area contributed by atoms with Gasteiger partial charge in [0.25, 0.3) is 0 Å². The van der Waals surface area contributed by atoms with E-state index < -0.39 is 7.92 Å². The highest BCUT2D eigenvalue weighted by atomic mass is 79.9. The van der Waals surface area contributed by atoms with Crippen molar-refractivity contribution in [2.24, 2.45) is 0 Å². The van der Waals surface area contributed by atoms with Gasteiger partial charge in [0.05, 0.1) is 0 Å². The van der Waals surface area contributed by atoms with Gasteiger partial charge in [-0.25, -0.2) is 0 Å². The van der Waals surface area contributed by atoms with E-state index >= 15 is 0 Å². The largest absolute Gasteiger partial charge is 0.0622 e. The van der Waals surface area contributed by atoms with Crippen molar-refractivity contribution in [3.05, 3.63) is 94.0 Å². The lowest BCUT2D eigenvalue weighted by Crippen LogP contribution is -2.19. The minimum Gasteiger partial charge on any atom is -0.0622 e. The number of halogens is 1. The molecule has 0 heterocycles. The van der Waals surface area contributed by atoms with Gasteiger partial charge in [-0.1, -0.05) is 130 Å². The number of hydrogen-bond donors (Lipinski definition) is 0. The van der Waals surface area contributed by atoms with Gasteiger partial charge in [-0.3, -0.25) is 0 Å². The lowest BCUT2D eigenvalue weighted by Gasteiger charge is -2.29. The molecule has 0 radical (unpaired) electrons. The molecule has 0 nitrogen and oxygen atoms in total. The van der Waals surface area contributed by atoms with Crippen LogP contribution in [0, 0.1) is 0 Å². The molecule has 152 valence electrons. The summed E-state index contributed by atoms with van der Waals surface area (Å²) in [5.74, 6) is 0. The number of benzene rings is 3. The Morgan fingerprint density at radius 1 is 0.690 bits per heavy atom. The van der Waals surface area contributed by atoms with Crippen molar-refractivity contribution in [1.82, 2.24) is 0 Å². The number of rotatable bonds is 4. The first-order valence-electron chi connectivity index (χ1n) is 10.3. The fraction of sp³-hybridized carbons (Fsp3) is 0.333. The molecule has 0 atom stereocenters. The molecule has 0 spiro atoms. The maximum absolute atomic E-state index is 4.00. The molecule has 0 aromatic heterocycles. The molecule has 3 rings (SSSR count). The third-order valence-corrected chi connectivity index (χ3v) is 8.72. The molecule has 29 heavy (non-hydrogen) atoms. The van der Waals surface area contributed by atoms with Gasteiger partial charge in [-0.05, 0) is 46.1 Å². The zero-order chi connectivity index (χ0) is 21.2. The van der Waals surface area contributed by atoms with Crippen LogP contribution < -0.4 is 10.6 Å². The normalized spacial score (nSPS) is 12.4. The highest BCUT2D eigenvalue weighted by Crippen LogP contribution is 2.43. The van der Waals surface area contributed by atoms with Crippen molar-refractivity contribution in [3.8, 4) is 0 Å². The summed E-state index contributed by atoms with van der Waals surface area (Å²) in [5, 5.41) is 2.86. The Morgan fingerprint density at radius 2 is 1.17 bits per heavy atom. The van der Waals surface area contributed by atoms with Gasteiger partial charge in [-0.15, -0.1) is 0 Å². The fourth-order valence-electron chi connectivity index (χ4n) is 3.50. The summed E-state index contributed by atoms with van der Waals surface area (Å²) in [6.45, 7) is 13.8. The molecule has 0 saturated carbocycles. The molecule has 0 unspecified atom stereocenters. The van der Waals surface area contributed by atoms with Crippen molar-refractivity contribution in [2.45, 2.75) is 58.5 Å². The van der Waals surface area contributed by atoms with Crippen LogP contribution in [0.3, 0.4) is 0 Å². The quantitative estimate of drug-likeness (QED) is 0.345. The standard InChI is InChI=1S/C27H32BrP/c1-26(2,3)21-17-20(25(28)24(18-21)27(4,5)6)19-29(22-13-9-7-10-14-22)23-15-11-8-12-16-23/h7-18H,19H2,1-6H3. The van der Waals surface area contributed by atoms with E-state index in [-0.39, 0.29) is 10.8 Å². The van der Waals surface area contributed by atoms with Gasteiger partial charge in [0.2, 0.25) is 0 Å². The molecule has 0 N–H and O–H groups in total. The average molecular weight is 467 g/mol. The maximum atomic E-state index is 4.00. The van der Waals surface area contributed by atoms with E-state index in [4.69, 9.17) is 0 Å². The minimum absolute atomic E-state index is 0.0943. The molecule has 2 heteroatoms. The van der Waals surface area contributed by atoms with Gasteiger partial charge < -0.3 is 0 Å². The van der Waals surface area contributed by atoms with Crippen LogP contribution in [0.25, 0.3) is 0 Å². The van der Waals surface area contributed by atoms with E-state index in [0.717, 1.165) is 6.16 Å². The maximum Gasteiger partial charge on any atom is 0.0248 e. The SMILES string of the molecule is CC(C)(C)c1cc(CP(c2ccccc2)c2ccccc2)c(Br)c(C(C)(C)C)c1. The smallest absolute Gasteiger partial charge is 0.0248 e. The third kappa shape index (κ3) is 5.39. The zero-order valence-corrected chi connectivity index (χ0v) is 20.9. The van der Waals surface area contributed by atoms with Crippen molar-refractivity contribution in [3.63, 3.8) is 0 Å². The molecular formula is C27H32BrP. The lowest BCUT2D eigenvalue weighted by molar-refractivity contribution is 0.565. The summed E-state index contributed by atoms with van der Waals surface area (Å²) in [5.41, 5.74) is 4.45. The Labute approximate surface area is 186 Å². The molecule has 0 saturated heterocycles. The summed E-state index contributed by atoms with van der Waals surface area (Å²) in [6, 6.07) is 26.8. The van der Waals surface area contributed by atoms with Crippen molar-refractivity contribution in [2.75, 3.05) is 0 Å². The Morgan fingerprint density at radius 3 is 1.59 bits per heavy atom. The van der Waals surface area contributed by atoms with Gasteiger partial charge in [-0.2, -0.15) is 0 Å². The van der Waals surface area contributed by atoms with Gasteiger partial charge in [0.1, 0.15) is 0 Å². The Kier molecular flexibility index (Phi) is 6.71. The highest BCUT2D eigenvalue weighted by Gasteiger charge is 2.25. The zero-order valence-electron chi connectivity index (χ0n) is 18.5. The lowest BCUT2D eigenvalue weighted by atomic mass is 9.80. The van der Waals surface area contributed by atoms with E-state index in [1.165, 1.54) is 31.8 Å². The molecule has 0 aliphatic rings. The predicted molar refractivity (Wildman–Crippen MR) is 134 cm³/mol. The Hall–Kier alpha value is -1.43. The van der Waals surface area contributed by atoms with Gasteiger partial charge >= 0.3 is 0 Å². The van der Waals surface area contributed by atoms with Crippen LogP contribution in [0.15, 0.2) is 77.3 Å². The van der Waals surface area contributed by atoms with E-state index in [1.807, 2.05) is 0 Å². The monoisotopic (exact) mass is 466 g/mol. The van der Waals surface area contributed by atoms with E-state index in [1.54, 1.807) is 0 Å². The van der Waals surface area contributed by atoms with Crippen LogP contribution in [0.2, 0.25) is 0 Å². The van der Waals surface area contributed by atoms with Crippen LogP contribution in [0.1, 0.15) is 58.2 Å². The summed E-state index contributed by atoms with van der Waals surface area (Å²) in [4.78, 5) is 0. The molecule has 0 amide bonds. The van der Waals surface area contributed by atoms with Crippen molar-refractivity contribution in [1.29, 1.82) is 0 Å². The summed E-state index contributed by atoms with van der Waals surface area (Å²) in [7, 11) is -0.470. The Balaban J connectivity index is 2.15. The summed E-state index contributed by atoms with van der Waals surface area (Å²) in [6.07, 6.45) is 1.04. The first-order chi connectivity index (χ1) is 13.6. The van der Waals surface area contributed by atoms with Crippen LogP contribution in [0.4, 0.5) is 0 Å². The predicted octanol–water partition coefficient (Wildman–Crippen LogP) is 7.68. The van der Waals surface area contributed by atoms with Crippen molar-refractivity contribution >= 4 is 34.5 Å². The second-order valence-corrected chi connectivity index (χ2v) is 12.8. The van der Waals surface area contributed by atoms with Crippen LogP contribution in [0.5, 0.6) is 0 Å². The molecule has 0 aliphatic carbocycles. The molecule has 0 aliphatic heterocycles.